The lowest BCUT2D eigenvalue weighted by molar-refractivity contribution is -0.120. The normalized spacial score (nSPS) is 16.3. The Morgan fingerprint density at radius 3 is 2.42 bits per heavy atom. The van der Waals surface area contributed by atoms with Gasteiger partial charge < -0.3 is 10.1 Å². The number of aryl methyl sites for hydroxylation is 2. The summed E-state index contributed by atoms with van der Waals surface area (Å²) in [6, 6.07) is 20.8. The first kappa shape index (κ1) is 29.6. The predicted molar refractivity (Wildman–Crippen MR) is 156 cm³/mol. The molecule has 1 heterocycles. The van der Waals surface area contributed by atoms with E-state index in [1.165, 1.54) is 35.7 Å². The first-order valence-corrected chi connectivity index (χ1v) is 16.3. The van der Waals surface area contributed by atoms with Crippen LogP contribution in [-0.2, 0) is 31.3 Å². The number of nitrogens with zero attached hydrogens (tertiary/aromatic N) is 1. The van der Waals surface area contributed by atoms with Crippen molar-refractivity contribution in [3.8, 4) is 5.75 Å². The molecule has 1 atom stereocenters. The third-order valence-corrected chi connectivity index (χ3v) is 10.2. The van der Waals surface area contributed by atoms with Gasteiger partial charge in [0.1, 0.15) is 5.75 Å². The molecule has 40 heavy (non-hydrogen) atoms. The number of hydrogen-bond acceptors (Lipinski definition) is 6. The molecule has 1 aliphatic rings. The molecule has 214 valence electrons. The maximum absolute atomic E-state index is 13.0. The molecule has 9 nitrogen and oxygen atoms in total. The summed E-state index contributed by atoms with van der Waals surface area (Å²) in [5, 5.41) is 2.81. The second-order valence-electron chi connectivity index (χ2n) is 9.93. The number of nitrogens with one attached hydrogen (secondary N) is 2. The lowest BCUT2D eigenvalue weighted by atomic mass is 9.99. The zero-order chi connectivity index (χ0) is 28.8. The molecule has 0 unspecified atom stereocenters. The van der Waals surface area contributed by atoms with Gasteiger partial charge in [0, 0.05) is 18.8 Å². The highest BCUT2D eigenvalue weighted by atomic mass is 32.2. The fourth-order valence-electron chi connectivity index (χ4n) is 4.71. The molecule has 1 saturated heterocycles. The number of piperidine rings is 1. The SMILES string of the molecule is COc1ccc(C)cc1NS(=O)(=O)c1ccc(NC(=O)[C@H]2CCCN(S(=O)(=O)CCCc3ccccc3)C2)cc1. The Morgan fingerprint density at radius 1 is 1.00 bits per heavy atom. The number of carbonyl (C=O) groups is 1. The van der Waals surface area contributed by atoms with Crippen molar-refractivity contribution in [3.05, 3.63) is 83.9 Å². The highest BCUT2D eigenvalue weighted by Gasteiger charge is 2.32. The minimum atomic E-state index is -3.89. The van der Waals surface area contributed by atoms with Gasteiger partial charge in [0.05, 0.1) is 29.4 Å². The average molecular weight is 586 g/mol. The Kier molecular flexibility index (Phi) is 9.49. The van der Waals surface area contributed by atoms with Crippen molar-refractivity contribution in [2.75, 3.05) is 36.0 Å². The zero-order valence-corrected chi connectivity index (χ0v) is 24.3. The van der Waals surface area contributed by atoms with Crippen LogP contribution < -0.4 is 14.8 Å². The van der Waals surface area contributed by atoms with Crippen LogP contribution in [0.4, 0.5) is 11.4 Å². The fraction of sp³-hybridized carbons (Fsp3) is 0.345. The second-order valence-corrected chi connectivity index (χ2v) is 13.7. The summed E-state index contributed by atoms with van der Waals surface area (Å²) in [6.45, 7) is 2.39. The van der Waals surface area contributed by atoms with E-state index in [-0.39, 0.29) is 23.1 Å². The maximum Gasteiger partial charge on any atom is 0.262 e. The molecule has 3 aromatic carbocycles. The Balaban J connectivity index is 1.34. The number of hydrogen-bond donors (Lipinski definition) is 2. The molecule has 0 spiro atoms. The molecule has 0 saturated carbocycles. The summed E-state index contributed by atoms with van der Waals surface area (Å²) in [5.41, 5.74) is 2.73. The van der Waals surface area contributed by atoms with Crippen molar-refractivity contribution < 1.29 is 26.4 Å². The maximum atomic E-state index is 13.0. The van der Waals surface area contributed by atoms with Crippen LogP contribution in [0.15, 0.2) is 77.7 Å². The van der Waals surface area contributed by atoms with Crippen molar-refractivity contribution >= 4 is 37.3 Å². The molecule has 0 bridgehead atoms. The number of anilines is 2. The van der Waals surface area contributed by atoms with Crippen molar-refractivity contribution in [1.82, 2.24) is 4.31 Å². The first-order valence-electron chi connectivity index (χ1n) is 13.2. The quantitative estimate of drug-likeness (QED) is 0.344. The number of benzene rings is 3. The minimum absolute atomic E-state index is 0.0273. The van der Waals surface area contributed by atoms with Gasteiger partial charge in [-0.05, 0) is 80.1 Å². The molecule has 11 heteroatoms. The molecule has 3 aromatic rings. The van der Waals surface area contributed by atoms with Crippen molar-refractivity contribution in [2.45, 2.75) is 37.5 Å². The molecule has 0 aromatic heterocycles. The van der Waals surface area contributed by atoms with Crippen LogP contribution >= 0.6 is 0 Å². The molecule has 0 aliphatic carbocycles. The Bertz CT molecular complexity index is 1530. The highest BCUT2D eigenvalue weighted by molar-refractivity contribution is 7.92. The van der Waals surface area contributed by atoms with E-state index < -0.39 is 26.0 Å². The van der Waals surface area contributed by atoms with Crippen LogP contribution in [0.5, 0.6) is 5.75 Å². The third-order valence-electron chi connectivity index (χ3n) is 6.89. The van der Waals surface area contributed by atoms with Gasteiger partial charge >= 0.3 is 0 Å². The largest absolute Gasteiger partial charge is 0.495 e. The number of amides is 1. The molecular formula is C29H35N3O6S2. The van der Waals surface area contributed by atoms with Crippen LogP contribution in [0, 0.1) is 12.8 Å². The Labute approximate surface area is 236 Å². The lowest BCUT2D eigenvalue weighted by Gasteiger charge is -2.31. The Morgan fingerprint density at radius 2 is 1.73 bits per heavy atom. The van der Waals surface area contributed by atoms with Gasteiger partial charge in [-0.3, -0.25) is 9.52 Å². The molecular weight excluding hydrogens is 550 g/mol. The van der Waals surface area contributed by atoms with Crippen molar-refractivity contribution in [2.24, 2.45) is 5.92 Å². The van der Waals surface area contributed by atoms with Crippen LogP contribution in [0.2, 0.25) is 0 Å². The van der Waals surface area contributed by atoms with E-state index in [0.717, 1.165) is 11.1 Å². The van der Waals surface area contributed by atoms with E-state index in [2.05, 4.69) is 10.0 Å². The van der Waals surface area contributed by atoms with Gasteiger partial charge in [0.25, 0.3) is 10.0 Å². The van der Waals surface area contributed by atoms with Crippen molar-refractivity contribution in [1.29, 1.82) is 0 Å². The summed E-state index contributed by atoms with van der Waals surface area (Å²) < 4.78 is 61.0. The van der Waals surface area contributed by atoms with E-state index >= 15 is 0 Å². The third kappa shape index (κ3) is 7.61. The van der Waals surface area contributed by atoms with Gasteiger partial charge in [0.2, 0.25) is 15.9 Å². The molecule has 1 aliphatic heterocycles. The van der Waals surface area contributed by atoms with Gasteiger partial charge in [-0.25, -0.2) is 21.1 Å². The van der Waals surface area contributed by atoms with Crippen LogP contribution in [0.1, 0.15) is 30.4 Å². The Hall–Kier alpha value is -3.41. The summed E-state index contributed by atoms with van der Waals surface area (Å²) in [6.07, 6.45) is 2.37. The average Bonchev–Trinajstić information content (AvgIpc) is 2.94. The molecule has 4 rings (SSSR count). The molecule has 2 N–H and O–H groups in total. The van der Waals surface area contributed by atoms with Gasteiger partial charge in [-0.1, -0.05) is 36.4 Å². The highest BCUT2D eigenvalue weighted by Crippen LogP contribution is 2.28. The van der Waals surface area contributed by atoms with Gasteiger partial charge in [-0.15, -0.1) is 0 Å². The van der Waals surface area contributed by atoms with E-state index in [1.54, 1.807) is 12.1 Å². The predicted octanol–water partition coefficient (Wildman–Crippen LogP) is 4.42. The van der Waals surface area contributed by atoms with Crippen LogP contribution in [0.25, 0.3) is 0 Å². The van der Waals surface area contributed by atoms with Crippen LogP contribution in [0.3, 0.4) is 0 Å². The second kappa shape index (κ2) is 12.8. The summed E-state index contributed by atoms with van der Waals surface area (Å²) >= 11 is 0. The fourth-order valence-corrected chi connectivity index (χ4v) is 7.35. The van der Waals surface area contributed by atoms with Crippen molar-refractivity contribution in [3.63, 3.8) is 0 Å². The van der Waals surface area contributed by atoms with Gasteiger partial charge in [0.15, 0.2) is 0 Å². The molecule has 0 radical (unpaired) electrons. The van der Waals surface area contributed by atoms with Crippen LogP contribution in [-0.4, -0.2) is 53.0 Å². The van der Waals surface area contributed by atoms with Gasteiger partial charge in [-0.2, -0.15) is 0 Å². The van der Waals surface area contributed by atoms with E-state index in [9.17, 15) is 21.6 Å². The summed E-state index contributed by atoms with van der Waals surface area (Å²) in [7, 11) is -5.91. The standard InChI is InChI=1S/C29H35N3O6S2/c1-22-12-17-28(38-2)27(20-22)31-40(36,37)26-15-13-25(14-16-26)30-29(33)24-11-6-18-32(21-24)39(34,35)19-7-10-23-8-4-3-5-9-23/h3-5,8-9,12-17,20,24,31H,6-7,10-11,18-19,21H2,1-2H3,(H,30,33)/t24-/m0/s1. The topological polar surface area (TPSA) is 122 Å². The smallest absolute Gasteiger partial charge is 0.262 e. The monoisotopic (exact) mass is 585 g/mol. The van der Waals surface area contributed by atoms with E-state index in [1.807, 2.05) is 43.3 Å². The number of ether oxygens (including phenoxy) is 1. The minimum Gasteiger partial charge on any atom is -0.495 e. The summed E-state index contributed by atoms with van der Waals surface area (Å²) in [5.74, 6) is -0.342. The number of methoxy groups -OCH3 is 1. The summed E-state index contributed by atoms with van der Waals surface area (Å²) in [4.78, 5) is 13.0. The lowest BCUT2D eigenvalue weighted by Crippen LogP contribution is -2.44. The zero-order valence-electron chi connectivity index (χ0n) is 22.7. The number of rotatable bonds is 11. The van der Waals surface area contributed by atoms with E-state index in [4.69, 9.17) is 4.74 Å². The first-order chi connectivity index (χ1) is 19.1. The van der Waals surface area contributed by atoms with E-state index in [0.29, 0.717) is 49.4 Å². The molecule has 1 amide bonds. The molecule has 1 fully saturated rings. The number of carbonyl (C=O) groups excluding carboxylic acids is 1. The number of sulfonamides is 2.